The van der Waals surface area contributed by atoms with Crippen molar-refractivity contribution in [3.05, 3.63) is 23.8 Å². The van der Waals surface area contributed by atoms with Crippen molar-refractivity contribution in [1.82, 2.24) is 4.31 Å². The number of nitrogens with two attached hydrogens (primary N) is 1. The second-order valence-corrected chi connectivity index (χ2v) is 6.51. The van der Waals surface area contributed by atoms with Crippen molar-refractivity contribution in [2.45, 2.75) is 0 Å². The molecule has 0 atom stereocenters. The molecule has 1 aromatic rings. The Morgan fingerprint density at radius 1 is 1.26 bits per heavy atom. The fraction of sp³-hybridized carbons (Fsp3) is 0.417. The van der Waals surface area contributed by atoms with E-state index in [1.54, 1.807) is 12.1 Å². The molecule has 0 bridgehead atoms. The van der Waals surface area contributed by atoms with Crippen LogP contribution in [0.1, 0.15) is 5.56 Å². The molecular formula is C12H16N4O2S. The monoisotopic (exact) mass is 280 g/mol. The third-order valence-electron chi connectivity index (χ3n) is 3.23. The van der Waals surface area contributed by atoms with E-state index < -0.39 is 10.0 Å². The maximum Gasteiger partial charge on any atom is 0.211 e. The summed E-state index contributed by atoms with van der Waals surface area (Å²) in [6.45, 7) is 2.15. The molecule has 0 spiro atoms. The molecule has 1 aliphatic heterocycles. The molecular weight excluding hydrogens is 264 g/mol. The lowest BCUT2D eigenvalue weighted by molar-refractivity contribution is 0.388. The number of sulfonamides is 1. The Hall–Kier alpha value is -1.78. The summed E-state index contributed by atoms with van der Waals surface area (Å²) >= 11 is 0. The molecule has 102 valence electrons. The standard InChI is InChI=1S/C12H16N4O2S/c1-19(17,18)16-6-4-15(5-7-16)11-2-3-12(14)10(8-11)9-13/h2-3,8H,4-7,14H2,1H3. The first-order valence-electron chi connectivity index (χ1n) is 5.91. The summed E-state index contributed by atoms with van der Waals surface area (Å²) in [5.41, 5.74) is 7.49. The third-order valence-corrected chi connectivity index (χ3v) is 4.53. The van der Waals surface area contributed by atoms with Crippen LogP contribution in [0.5, 0.6) is 0 Å². The molecule has 6 nitrogen and oxygen atoms in total. The Kier molecular flexibility index (Phi) is 3.64. The SMILES string of the molecule is CS(=O)(=O)N1CCN(c2ccc(N)c(C#N)c2)CC1. The molecule has 19 heavy (non-hydrogen) atoms. The van der Waals surface area contributed by atoms with Crippen molar-refractivity contribution < 1.29 is 8.42 Å². The highest BCUT2D eigenvalue weighted by atomic mass is 32.2. The van der Waals surface area contributed by atoms with Crippen LogP contribution in [0, 0.1) is 11.3 Å². The Labute approximate surface area is 113 Å². The zero-order chi connectivity index (χ0) is 14.0. The second-order valence-electron chi connectivity index (χ2n) is 4.53. The minimum Gasteiger partial charge on any atom is -0.398 e. The highest BCUT2D eigenvalue weighted by molar-refractivity contribution is 7.88. The van der Waals surface area contributed by atoms with Crippen molar-refractivity contribution in [2.24, 2.45) is 0 Å². The van der Waals surface area contributed by atoms with Gasteiger partial charge >= 0.3 is 0 Å². The summed E-state index contributed by atoms with van der Waals surface area (Å²) in [5, 5.41) is 8.95. The Morgan fingerprint density at radius 3 is 2.42 bits per heavy atom. The van der Waals surface area contributed by atoms with Crippen LogP contribution in [0.25, 0.3) is 0 Å². The van der Waals surface area contributed by atoms with Crippen LogP contribution < -0.4 is 10.6 Å². The van der Waals surface area contributed by atoms with Crippen molar-refractivity contribution in [1.29, 1.82) is 5.26 Å². The van der Waals surface area contributed by atoms with Gasteiger partial charge in [0.2, 0.25) is 10.0 Å². The summed E-state index contributed by atoms with van der Waals surface area (Å²) in [6.07, 6.45) is 1.22. The van der Waals surface area contributed by atoms with E-state index in [4.69, 9.17) is 11.0 Å². The lowest BCUT2D eigenvalue weighted by Crippen LogP contribution is -2.48. The van der Waals surface area contributed by atoms with Gasteiger partial charge in [0.25, 0.3) is 0 Å². The van der Waals surface area contributed by atoms with Gasteiger partial charge in [-0.25, -0.2) is 8.42 Å². The van der Waals surface area contributed by atoms with Gasteiger partial charge in [-0.1, -0.05) is 0 Å². The largest absolute Gasteiger partial charge is 0.398 e. The molecule has 0 amide bonds. The van der Waals surface area contributed by atoms with Gasteiger partial charge in [-0.2, -0.15) is 9.57 Å². The number of nitrogens with zero attached hydrogens (tertiary/aromatic N) is 3. The number of nitriles is 1. The van der Waals surface area contributed by atoms with E-state index in [-0.39, 0.29) is 0 Å². The Balaban J connectivity index is 2.12. The minimum absolute atomic E-state index is 0.447. The van der Waals surface area contributed by atoms with Gasteiger partial charge in [-0.05, 0) is 18.2 Å². The number of hydrogen-bond acceptors (Lipinski definition) is 5. The zero-order valence-corrected chi connectivity index (χ0v) is 11.5. The number of rotatable bonds is 2. The van der Waals surface area contributed by atoms with E-state index >= 15 is 0 Å². The Morgan fingerprint density at radius 2 is 1.89 bits per heavy atom. The van der Waals surface area contributed by atoms with Gasteiger partial charge in [-0.15, -0.1) is 0 Å². The van der Waals surface area contributed by atoms with Crippen LogP contribution in [0.3, 0.4) is 0 Å². The van der Waals surface area contributed by atoms with E-state index in [0.29, 0.717) is 37.4 Å². The molecule has 0 radical (unpaired) electrons. The predicted octanol–water partition coefficient (Wildman–Crippen LogP) is 0.222. The Bertz CT molecular complexity index is 613. The first kappa shape index (κ1) is 13.6. The van der Waals surface area contributed by atoms with Gasteiger partial charge in [0.1, 0.15) is 6.07 Å². The van der Waals surface area contributed by atoms with E-state index in [9.17, 15) is 8.42 Å². The third kappa shape index (κ3) is 2.97. The molecule has 0 saturated carbocycles. The van der Waals surface area contributed by atoms with Crippen LogP contribution in [0.15, 0.2) is 18.2 Å². The summed E-state index contributed by atoms with van der Waals surface area (Å²) in [4.78, 5) is 2.06. The molecule has 0 aliphatic carbocycles. The van der Waals surface area contributed by atoms with Crippen LogP contribution in [-0.4, -0.2) is 45.2 Å². The summed E-state index contributed by atoms with van der Waals surface area (Å²) in [7, 11) is -3.12. The van der Waals surface area contributed by atoms with E-state index in [1.165, 1.54) is 10.6 Å². The number of benzene rings is 1. The first-order valence-corrected chi connectivity index (χ1v) is 7.76. The van der Waals surface area contributed by atoms with Crippen LogP contribution in [-0.2, 0) is 10.0 Å². The number of hydrogen-bond donors (Lipinski definition) is 1. The average molecular weight is 280 g/mol. The normalized spacial score (nSPS) is 17.2. The molecule has 1 saturated heterocycles. The fourth-order valence-corrected chi connectivity index (χ4v) is 2.94. The van der Waals surface area contributed by atoms with E-state index in [1.807, 2.05) is 12.1 Å². The summed E-state index contributed by atoms with van der Waals surface area (Å²) < 4.78 is 24.3. The quantitative estimate of drug-likeness (QED) is 0.783. The average Bonchev–Trinajstić information content (AvgIpc) is 2.38. The molecule has 1 aliphatic rings. The van der Waals surface area contributed by atoms with Crippen LogP contribution in [0.2, 0.25) is 0 Å². The molecule has 7 heteroatoms. The van der Waals surface area contributed by atoms with Crippen molar-refractivity contribution in [2.75, 3.05) is 43.1 Å². The molecule has 1 aromatic carbocycles. The minimum atomic E-state index is -3.12. The van der Waals surface area contributed by atoms with E-state index in [0.717, 1.165) is 5.69 Å². The van der Waals surface area contributed by atoms with Gasteiger partial charge in [-0.3, -0.25) is 0 Å². The van der Waals surface area contributed by atoms with Crippen molar-refractivity contribution >= 4 is 21.4 Å². The van der Waals surface area contributed by atoms with Crippen LogP contribution in [0.4, 0.5) is 11.4 Å². The second kappa shape index (κ2) is 5.07. The topological polar surface area (TPSA) is 90.4 Å². The smallest absolute Gasteiger partial charge is 0.211 e. The summed E-state index contributed by atoms with van der Waals surface area (Å²) in [6, 6.07) is 7.35. The van der Waals surface area contributed by atoms with Gasteiger partial charge in [0.15, 0.2) is 0 Å². The molecule has 2 rings (SSSR count). The van der Waals surface area contributed by atoms with Gasteiger partial charge in [0.05, 0.1) is 11.8 Å². The lowest BCUT2D eigenvalue weighted by atomic mass is 10.1. The summed E-state index contributed by atoms with van der Waals surface area (Å²) in [5.74, 6) is 0. The molecule has 2 N–H and O–H groups in total. The fourth-order valence-electron chi connectivity index (χ4n) is 2.12. The number of nitrogen functional groups attached to an aromatic ring is 1. The molecule has 1 fully saturated rings. The van der Waals surface area contributed by atoms with Gasteiger partial charge < -0.3 is 10.6 Å². The number of piperazine rings is 1. The molecule has 1 heterocycles. The molecule has 0 unspecified atom stereocenters. The lowest BCUT2D eigenvalue weighted by Gasteiger charge is -2.34. The maximum atomic E-state index is 11.4. The first-order chi connectivity index (χ1) is 8.91. The van der Waals surface area contributed by atoms with Crippen molar-refractivity contribution in [3.8, 4) is 6.07 Å². The zero-order valence-electron chi connectivity index (χ0n) is 10.7. The maximum absolute atomic E-state index is 11.4. The highest BCUT2D eigenvalue weighted by Crippen LogP contribution is 2.22. The molecule has 0 aromatic heterocycles. The highest BCUT2D eigenvalue weighted by Gasteiger charge is 2.23. The predicted molar refractivity (Wildman–Crippen MR) is 74.2 cm³/mol. The number of anilines is 2. The van der Waals surface area contributed by atoms with Gasteiger partial charge in [0, 0.05) is 37.6 Å². The van der Waals surface area contributed by atoms with Crippen molar-refractivity contribution in [3.63, 3.8) is 0 Å². The van der Waals surface area contributed by atoms with E-state index in [2.05, 4.69) is 4.90 Å². The van der Waals surface area contributed by atoms with Crippen LogP contribution >= 0.6 is 0 Å².